The summed E-state index contributed by atoms with van der Waals surface area (Å²) < 4.78 is 5.49. The van der Waals surface area contributed by atoms with Crippen LogP contribution < -0.4 is 5.32 Å². The van der Waals surface area contributed by atoms with E-state index >= 15 is 0 Å². The van der Waals surface area contributed by atoms with Gasteiger partial charge in [-0.1, -0.05) is 0 Å². The van der Waals surface area contributed by atoms with Crippen molar-refractivity contribution in [2.75, 3.05) is 19.7 Å². The van der Waals surface area contributed by atoms with Gasteiger partial charge in [0.05, 0.1) is 12.5 Å². The molecule has 0 aliphatic carbocycles. The zero-order valence-corrected chi connectivity index (χ0v) is 11.1. The van der Waals surface area contributed by atoms with Gasteiger partial charge in [-0.3, -0.25) is 4.79 Å². The van der Waals surface area contributed by atoms with Crippen LogP contribution in [0.4, 0.5) is 4.79 Å². The van der Waals surface area contributed by atoms with Gasteiger partial charge in [0, 0.05) is 25.7 Å². The lowest BCUT2D eigenvalue weighted by Gasteiger charge is -2.24. The fraction of sp³-hybridized carbons (Fsp3) is 0.846. The van der Waals surface area contributed by atoms with E-state index in [0.29, 0.717) is 13.1 Å². The third-order valence-corrected chi connectivity index (χ3v) is 3.81. The first kappa shape index (κ1) is 14.1. The van der Waals surface area contributed by atoms with Crippen LogP contribution in [0.2, 0.25) is 0 Å². The van der Waals surface area contributed by atoms with Crippen LogP contribution >= 0.6 is 0 Å². The molecule has 2 unspecified atom stereocenters. The number of likely N-dealkylation sites (tertiary alicyclic amines) is 1. The molecule has 19 heavy (non-hydrogen) atoms. The monoisotopic (exact) mass is 270 g/mol. The second-order valence-electron chi connectivity index (χ2n) is 5.24. The van der Waals surface area contributed by atoms with Crippen LogP contribution in [0.3, 0.4) is 0 Å². The summed E-state index contributed by atoms with van der Waals surface area (Å²) in [5.41, 5.74) is 0. The lowest BCUT2D eigenvalue weighted by atomic mass is 10.1. The van der Waals surface area contributed by atoms with Gasteiger partial charge in [0.1, 0.15) is 0 Å². The van der Waals surface area contributed by atoms with E-state index in [1.807, 2.05) is 0 Å². The molecule has 2 aliphatic rings. The number of carboxylic acids is 1. The molecular weight excluding hydrogens is 248 g/mol. The zero-order valence-electron chi connectivity index (χ0n) is 11.1. The number of carboxylic acid groups (broad SMARTS) is 1. The highest BCUT2D eigenvalue weighted by Gasteiger charge is 2.30. The van der Waals surface area contributed by atoms with Gasteiger partial charge in [-0.2, -0.15) is 0 Å². The predicted molar refractivity (Wildman–Crippen MR) is 69.0 cm³/mol. The molecule has 6 nitrogen and oxygen atoms in total. The molecule has 0 aromatic rings. The Morgan fingerprint density at radius 2 is 2.16 bits per heavy atom. The van der Waals surface area contributed by atoms with Gasteiger partial charge in [-0.15, -0.1) is 0 Å². The molecule has 0 saturated carbocycles. The molecule has 0 radical (unpaired) electrons. The minimum Gasteiger partial charge on any atom is -0.481 e. The fourth-order valence-corrected chi connectivity index (χ4v) is 2.83. The second kappa shape index (κ2) is 6.75. The summed E-state index contributed by atoms with van der Waals surface area (Å²) >= 11 is 0. The van der Waals surface area contributed by atoms with E-state index in [2.05, 4.69) is 5.32 Å². The van der Waals surface area contributed by atoms with Crippen molar-refractivity contribution in [2.24, 2.45) is 0 Å². The molecule has 6 heteroatoms. The minimum absolute atomic E-state index is 0.0408. The van der Waals surface area contributed by atoms with Crippen LogP contribution in [-0.2, 0) is 9.53 Å². The van der Waals surface area contributed by atoms with E-state index in [4.69, 9.17) is 9.84 Å². The van der Waals surface area contributed by atoms with E-state index in [-0.39, 0.29) is 24.6 Å². The molecule has 2 fully saturated rings. The maximum atomic E-state index is 12.0. The number of aliphatic carboxylic acids is 1. The maximum Gasteiger partial charge on any atom is 0.317 e. The summed E-state index contributed by atoms with van der Waals surface area (Å²) in [6.07, 6.45) is 4.99. The van der Waals surface area contributed by atoms with Crippen molar-refractivity contribution in [1.29, 1.82) is 0 Å². The average molecular weight is 270 g/mol. The highest BCUT2D eigenvalue weighted by molar-refractivity contribution is 5.76. The number of urea groups is 1. The molecule has 2 atom stereocenters. The lowest BCUT2D eigenvalue weighted by molar-refractivity contribution is -0.137. The summed E-state index contributed by atoms with van der Waals surface area (Å²) in [5, 5.41) is 11.7. The normalized spacial score (nSPS) is 26.6. The Bertz CT molecular complexity index is 329. The molecule has 2 heterocycles. The smallest absolute Gasteiger partial charge is 0.317 e. The summed E-state index contributed by atoms with van der Waals surface area (Å²) in [6.45, 7) is 2.08. The number of nitrogens with one attached hydrogen (secondary N) is 1. The second-order valence-corrected chi connectivity index (χ2v) is 5.24. The summed E-state index contributed by atoms with van der Waals surface area (Å²) in [7, 11) is 0. The number of ether oxygens (including phenoxy) is 1. The van der Waals surface area contributed by atoms with Crippen LogP contribution in [0.15, 0.2) is 0 Å². The Balaban J connectivity index is 1.70. The third kappa shape index (κ3) is 4.09. The molecule has 0 bridgehead atoms. The van der Waals surface area contributed by atoms with Crippen LogP contribution in [0.1, 0.15) is 38.5 Å². The number of nitrogens with zero attached hydrogens (tertiary/aromatic N) is 1. The van der Waals surface area contributed by atoms with Crippen molar-refractivity contribution >= 4 is 12.0 Å². The summed E-state index contributed by atoms with van der Waals surface area (Å²) in [6, 6.07) is -0.290. The Kier molecular flexibility index (Phi) is 5.01. The maximum absolute atomic E-state index is 12.0. The van der Waals surface area contributed by atoms with Gasteiger partial charge in [0.25, 0.3) is 0 Å². The summed E-state index contributed by atoms with van der Waals surface area (Å²) in [5.74, 6) is -0.843. The van der Waals surface area contributed by atoms with Crippen molar-refractivity contribution in [3.05, 3.63) is 0 Å². The van der Waals surface area contributed by atoms with E-state index in [0.717, 1.165) is 38.7 Å². The predicted octanol–water partition coefficient (Wildman–Crippen LogP) is 1.20. The molecule has 2 aliphatic heterocycles. The summed E-state index contributed by atoms with van der Waals surface area (Å²) in [4.78, 5) is 24.4. The van der Waals surface area contributed by atoms with Crippen molar-refractivity contribution in [1.82, 2.24) is 10.2 Å². The average Bonchev–Trinajstić information content (AvgIpc) is 2.99. The van der Waals surface area contributed by atoms with Crippen LogP contribution in [0.5, 0.6) is 0 Å². The standard InChI is InChI=1S/C13H22N2O4/c16-12(17)9-10-3-1-7-15(10)13(18)14-6-5-11-4-2-8-19-11/h10-11H,1-9H2,(H,14,18)(H,16,17). The SMILES string of the molecule is O=C(O)CC1CCCN1C(=O)NCCC1CCCO1. The molecule has 2 saturated heterocycles. The zero-order chi connectivity index (χ0) is 13.7. The number of hydrogen-bond acceptors (Lipinski definition) is 3. The van der Waals surface area contributed by atoms with Gasteiger partial charge in [-0.25, -0.2) is 4.79 Å². The van der Waals surface area contributed by atoms with E-state index in [9.17, 15) is 9.59 Å². The molecular formula is C13H22N2O4. The minimum atomic E-state index is -0.843. The van der Waals surface area contributed by atoms with Crippen molar-refractivity contribution in [3.63, 3.8) is 0 Å². The van der Waals surface area contributed by atoms with Crippen molar-refractivity contribution in [2.45, 2.75) is 50.7 Å². The molecule has 0 spiro atoms. The van der Waals surface area contributed by atoms with Gasteiger partial charge in [0.15, 0.2) is 0 Å². The lowest BCUT2D eigenvalue weighted by Crippen LogP contribution is -2.44. The highest BCUT2D eigenvalue weighted by Crippen LogP contribution is 2.20. The fourth-order valence-electron chi connectivity index (χ4n) is 2.83. The Morgan fingerprint density at radius 1 is 1.32 bits per heavy atom. The van der Waals surface area contributed by atoms with E-state index in [1.165, 1.54) is 0 Å². The number of amides is 2. The molecule has 0 aromatic carbocycles. The number of hydrogen-bond donors (Lipinski definition) is 2. The number of carbonyl (C=O) groups excluding carboxylic acids is 1. The molecule has 2 rings (SSSR count). The number of rotatable bonds is 5. The van der Waals surface area contributed by atoms with E-state index < -0.39 is 5.97 Å². The van der Waals surface area contributed by atoms with Crippen molar-refractivity contribution in [3.8, 4) is 0 Å². The van der Waals surface area contributed by atoms with Crippen LogP contribution in [0, 0.1) is 0 Å². The quantitative estimate of drug-likeness (QED) is 0.787. The first-order valence-electron chi connectivity index (χ1n) is 7.04. The van der Waals surface area contributed by atoms with Crippen LogP contribution in [0.25, 0.3) is 0 Å². The van der Waals surface area contributed by atoms with Gasteiger partial charge in [-0.05, 0) is 32.1 Å². The molecule has 0 aromatic heterocycles. The van der Waals surface area contributed by atoms with Crippen molar-refractivity contribution < 1.29 is 19.4 Å². The van der Waals surface area contributed by atoms with Gasteiger partial charge >= 0.3 is 12.0 Å². The molecule has 2 amide bonds. The molecule has 108 valence electrons. The van der Waals surface area contributed by atoms with E-state index in [1.54, 1.807) is 4.90 Å². The largest absolute Gasteiger partial charge is 0.481 e. The Labute approximate surface area is 113 Å². The van der Waals surface area contributed by atoms with Gasteiger partial charge in [0.2, 0.25) is 0 Å². The Morgan fingerprint density at radius 3 is 2.84 bits per heavy atom. The topological polar surface area (TPSA) is 78.9 Å². The number of carbonyl (C=O) groups is 2. The first-order valence-corrected chi connectivity index (χ1v) is 7.04. The molecule has 2 N–H and O–H groups in total. The Hall–Kier alpha value is -1.30. The van der Waals surface area contributed by atoms with Crippen LogP contribution in [-0.4, -0.2) is 53.8 Å². The third-order valence-electron chi connectivity index (χ3n) is 3.81. The van der Waals surface area contributed by atoms with Gasteiger partial charge < -0.3 is 20.1 Å². The highest BCUT2D eigenvalue weighted by atomic mass is 16.5. The first-order chi connectivity index (χ1) is 9.16.